The lowest BCUT2D eigenvalue weighted by Crippen LogP contribution is -2.13. The minimum absolute atomic E-state index is 0.278. The van der Waals surface area contributed by atoms with E-state index in [1.807, 2.05) is 0 Å². The fourth-order valence-corrected chi connectivity index (χ4v) is 1.12. The van der Waals surface area contributed by atoms with E-state index >= 15 is 0 Å². The Morgan fingerprint density at radius 1 is 1.17 bits per heavy atom. The van der Waals surface area contributed by atoms with Gasteiger partial charge < -0.3 is 14.9 Å². The van der Waals surface area contributed by atoms with E-state index in [2.05, 4.69) is 0 Å². The molecule has 0 aromatic rings. The topological polar surface area (TPSA) is 49.7 Å². The Labute approximate surface area is 74.4 Å². The number of ether oxygens (including phenoxy) is 1. The van der Waals surface area contributed by atoms with Crippen LogP contribution in [0.1, 0.15) is 32.1 Å². The summed E-state index contributed by atoms with van der Waals surface area (Å²) in [4.78, 5) is 0. The van der Waals surface area contributed by atoms with Crippen LogP contribution in [-0.4, -0.2) is 36.6 Å². The predicted molar refractivity (Wildman–Crippen MR) is 48.1 cm³/mol. The summed E-state index contributed by atoms with van der Waals surface area (Å²) >= 11 is 0. The van der Waals surface area contributed by atoms with Crippen molar-refractivity contribution < 1.29 is 14.9 Å². The highest BCUT2D eigenvalue weighted by Crippen LogP contribution is 2.05. The molecule has 0 fully saturated rings. The SMILES string of the molecule is COCC(O)CCCCCCO. The average Bonchev–Trinajstić information content (AvgIpc) is 2.05. The number of hydrogen-bond acceptors (Lipinski definition) is 3. The summed E-state index contributed by atoms with van der Waals surface area (Å²) in [7, 11) is 1.59. The van der Waals surface area contributed by atoms with Crippen molar-refractivity contribution >= 4 is 0 Å². The van der Waals surface area contributed by atoms with E-state index in [1.165, 1.54) is 0 Å². The van der Waals surface area contributed by atoms with Gasteiger partial charge in [-0.15, -0.1) is 0 Å². The standard InChI is InChI=1S/C9H20O3/c1-12-8-9(11)6-4-2-3-5-7-10/h9-11H,2-8H2,1H3. The molecule has 1 unspecified atom stereocenters. The lowest BCUT2D eigenvalue weighted by atomic mass is 10.1. The molecule has 0 aliphatic heterocycles. The minimum atomic E-state index is -0.316. The molecular formula is C9H20O3. The largest absolute Gasteiger partial charge is 0.396 e. The van der Waals surface area contributed by atoms with Crippen LogP contribution in [0.5, 0.6) is 0 Å². The summed E-state index contributed by atoms with van der Waals surface area (Å²) in [6.45, 7) is 0.709. The predicted octanol–water partition coefficient (Wildman–Crippen LogP) is 0.937. The van der Waals surface area contributed by atoms with Gasteiger partial charge in [0.1, 0.15) is 0 Å². The lowest BCUT2D eigenvalue weighted by Gasteiger charge is -2.08. The van der Waals surface area contributed by atoms with Gasteiger partial charge in [-0.25, -0.2) is 0 Å². The molecule has 0 aromatic carbocycles. The molecule has 0 aromatic heterocycles. The van der Waals surface area contributed by atoms with Crippen LogP contribution in [0.15, 0.2) is 0 Å². The summed E-state index contributed by atoms with van der Waals surface area (Å²) in [6, 6.07) is 0. The molecule has 74 valence electrons. The number of aliphatic hydroxyl groups excluding tert-OH is 2. The van der Waals surface area contributed by atoms with Crippen molar-refractivity contribution in [1.29, 1.82) is 0 Å². The Morgan fingerprint density at radius 2 is 1.83 bits per heavy atom. The van der Waals surface area contributed by atoms with Gasteiger partial charge in [0, 0.05) is 13.7 Å². The summed E-state index contributed by atoms with van der Waals surface area (Å²) in [5.74, 6) is 0. The minimum Gasteiger partial charge on any atom is -0.396 e. The summed E-state index contributed by atoms with van der Waals surface area (Å²) in [6.07, 6.45) is 4.52. The normalized spacial score (nSPS) is 13.2. The van der Waals surface area contributed by atoms with Crippen LogP contribution in [-0.2, 0) is 4.74 Å². The number of methoxy groups -OCH3 is 1. The second-order valence-electron chi connectivity index (χ2n) is 3.04. The summed E-state index contributed by atoms with van der Waals surface area (Å²) in [5.41, 5.74) is 0. The highest BCUT2D eigenvalue weighted by molar-refractivity contribution is 4.53. The Morgan fingerprint density at radius 3 is 2.42 bits per heavy atom. The van der Waals surface area contributed by atoms with Gasteiger partial charge in [-0.3, -0.25) is 0 Å². The Balaban J connectivity index is 2.97. The highest BCUT2D eigenvalue weighted by atomic mass is 16.5. The van der Waals surface area contributed by atoms with E-state index in [1.54, 1.807) is 7.11 Å². The zero-order valence-electron chi connectivity index (χ0n) is 7.83. The van der Waals surface area contributed by atoms with E-state index < -0.39 is 0 Å². The molecule has 2 N–H and O–H groups in total. The molecule has 1 atom stereocenters. The second-order valence-corrected chi connectivity index (χ2v) is 3.04. The molecule has 0 rings (SSSR count). The van der Waals surface area contributed by atoms with Crippen molar-refractivity contribution in [3.8, 4) is 0 Å². The monoisotopic (exact) mass is 176 g/mol. The molecule has 0 aliphatic carbocycles. The third kappa shape index (κ3) is 7.98. The van der Waals surface area contributed by atoms with E-state index in [0.717, 1.165) is 32.1 Å². The van der Waals surface area contributed by atoms with Gasteiger partial charge >= 0.3 is 0 Å². The van der Waals surface area contributed by atoms with Crippen LogP contribution in [0, 0.1) is 0 Å². The number of hydrogen-bond donors (Lipinski definition) is 2. The molecule has 0 bridgehead atoms. The molecular weight excluding hydrogens is 156 g/mol. The van der Waals surface area contributed by atoms with Crippen molar-refractivity contribution in [3.63, 3.8) is 0 Å². The molecule has 0 aliphatic rings. The number of unbranched alkanes of at least 4 members (excludes halogenated alkanes) is 3. The van der Waals surface area contributed by atoms with Crippen molar-refractivity contribution in [1.82, 2.24) is 0 Å². The van der Waals surface area contributed by atoms with Gasteiger partial charge in [0.15, 0.2) is 0 Å². The molecule has 0 heterocycles. The first-order valence-corrected chi connectivity index (χ1v) is 4.59. The fraction of sp³-hybridized carbons (Fsp3) is 1.00. The molecule has 0 saturated heterocycles. The van der Waals surface area contributed by atoms with Gasteiger partial charge in [-0.1, -0.05) is 19.3 Å². The van der Waals surface area contributed by atoms with E-state index in [4.69, 9.17) is 9.84 Å². The number of aliphatic hydroxyl groups is 2. The van der Waals surface area contributed by atoms with Crippen molar-refractivity contribution in [3.05, 3.63) is 0 Å². The third-order valence-electron chi connectivity index (χ3n) is 1.80. The smallest absolute Gasteiger partial charge is 0.0773 e. The first kappa shape index (κ1) is 11.9. The first-order chi connectivity index (χ1) is 5.81. The molecule has 12 heavy (non-hydrogen) atoms. The van der Waals surface area contributed by atoms with Crippen LogP contribution >= 0.6 is 0 Å². The maximum atomic E-state index is 9.23. The lowest BCUT2D eigenvalue weighted by molar-refractivity contribution is 0.0575. The Kier molecular flexibility index (Phi) is 8.88. The molecule has 0 amide bonds. The van der Waals surface area contributed by atoms with Gasteiger partial charge in [0.05, 0.1) is 12.7 Å². The van der Waals surface area contributed by atoms with E-state index in [0.29, 0.717) is 6.61 Å². The first-order valence-electron chi connectivity index (χ1n) is 4.59. The van der Waals surface area contributed by atoms with Crippen molar-refractivity contribution in [2.75, 3.05) is 20.3 Å². The van der Waals surface area contributed by atoms with Crippen LogP contribution in [0.25, 0.3) is 0 Å². The zero-order chi connectivity index (χ0) is 9.23. The quantitative estimate of drug-likeness (QED) is 0.541. The van der Waals surface area contributed by atoms with Crippen molar-refractivity contribution in [2.45, 2.75) is 38.2 Å². The third-order valence-corrected chi connectivity index (χ3v) is 1.80. The number of rotatable bonds is 8. The molecule has 0 saturated carbocycles. The van der Waals surface area contributed by atoms with Crippen LogP contribution < -0.4 is 0 Å². The van der Waals surface area contributed by atoms with E-state index in [-0.39, 0.29) is 12.7 Å². The summed E-state index contributed by atoms with van der Waals surface area (Å²) < 4.78 is 4.79. The van der Waals surface area contributed by atoms with Gasteiger partial charge in [0.25, 0.3) is 0 Å². The van der Waals surface area contributed by atoms with Crippen LogP contribution in [0.3, 0.4) is 0 Å². The van der Waals surface area contributed by atoms with Gasteiger partial charge in [-0.05, 0) is 12.8 Å². The summed E-state index contributed by atoms with van der Waals surface area (Å²) in [5, 5.41) is 17.7. The Hall–Kier alpha value is -0.120. The van der Waals surface area contributed by atoms with Gasteiger partial charge in [-0.2, -0.15) is 0 Å². The second kappa shape index (κ2) is 8.97. The molecule has 0 radical (unpaired) electrons. The fourth-order valence-electron chi connectivity index (χ4n) is 1.12. The zero-order valence-corrected chi connectivity index (χ0v) is 7.83. The molecule has 0 spiro atoms. The van der Waals surface area contributed by atoms with Crippen LogP contribution in [0.2, 0.25) is 0 Å². The highest BCUT2D eigenvalue weighted by Gasteiger charge is 2.01. The Bertz CT molecular complexity index is 85.8. The maximum Gasteiger partial charge on any atom is 0.0773 e. The molecule has 3 nitrogen and oxygen atoms in total. The van der Waals surface area contributed by atoms with Crippen LogP contribution in [0.4, 0.5) is 0 Å². The van der Waals surface area contributed by atoms with Gasteiger partial charge in [0.2, 0.25) is 0 Å². The van der Waals surface area contributed by atoms with E-state index in [9.17, 15) is 5.11 Å². The molecule has 3 heteroatoms. The van der Waals surface area contributed by atoms with Crippen molar-refractivity contribution in [2.24, 2.45) is 0 Å². The average molecular weight is 176 g/mol. The maximum absolute atomic E-state index is 9.23.